The molecule has 2 aromatic rings. The molecular formula is C18H22IN3O3. The van der Waals surface area contributed by atoms with Crippen molar-refractivity contribution in [2.24, 2.45) is 4.99 Å². The second kappa shape index (κ2) is 9.97. The zero-order valence-corrected chi connectivity index (χ0v) is 16.4. The van der Waals surface area contributed by atoms with Crippen molar-refractivity contribution in [1.82, 2.24) is 10.6 Å². The Bertz CT molecular complexity index is 695. The summed E-state index contributed by atoms with van der Waals surface area (Å²) in [6.45, 7) is 2.16. The third kappa shape index (κ3) is 5.70. The number of hydrogen-bond acceptors (Lipinski definition) is 4. The summed E-state index contributed by atoms with van der Waals surface area (Å²) in [7, 11) is 1.74. The van der Waals surface area contributed by atoms with Gasteiger partial charge >= 0.3 is 0 Å². The topological polar surface area (TPSA) is 64.1 Å². The lowest BCUT2D eigenvalue weighted by atomic mass is 10.2. The largest absolute Gasteiger partial charge is 0.492 e. The molecule has 1 aliphatic heterocycles. The smallest absolute Gasteiger partial charge is 0.231 e. The third-order valence-corrected chi connectivity index (χ3v) is 3.53. The summed E-state index contributed by atoms with van der Waals surface area (Å²) in [6.07, 6.45) is 0. The molecule has 0 aliphatic carbocycles. The summed E-state index contributed by atoms with van der Waals surface area (Å²) in [5.74, 6) is 3.17. The first-order valence-corrected chi connectivity index (χ1v) is 7.86. The van der Waals surface area contributed by atoms with Gasteiger partial charge in [0, 0.05) is 13.6 Å². The van der Waals surface area contributed by atoms with Crippen LogP contribution in [0.2, 0.25) is 0 Å². The Kier molecular flexibility index (Phi) is 7.65. The van der Waals surface area contributed by atoms with Crippen molar-refractivity contribution < 1.29 is 14.2 Å². The first-order valence-electron chi connectivity index (χ1n) is 7.86. The van der Waals surface area contributed by atoms with Gasteiger partial charge in [0.2, 0.25) is 6.79 Å². The monoisotopic (exact) mass is 455 g/mol. The number of fused-ring (bicyclic) bond motifs is 1. The number of hydrogen-bond donors (Lipinski definition) is 2. The molecule has 0 saturated carbocycles. The maximum Gasteiger partial charge on any atom is 0.231 e. The molecule has 6 nitrogen and oxygen atoms in total. The van der Waals surface area contributed by atoms with E-state index in [1.165, 1.54) is 0 Å². The molecule has 2 aromatic carbocycles. The van der Waals surface area contributed by atoms with Gasteiger partial charge in [-0.1, -0.05) is 24.3 Å². The molecule has 0 aromatic heterocycles. The molecular weight excluding hydrogens is 433 g/mol. The molecule has 0 unspecified atom stereocenters. The average molecular weight is 455 g/mol. The molecule has 0 bridgehead atoms. The summed E-state index contributed by atoms with van der Waals surface area (Å²) in [4.78, 5) is 4.20. The van der Waals surface area contributed by atoms with Gasteiger partial charge in [-0.3, -0.25) is 4.99 Å². The minimum atomic E-state index is 0. The van der Waals surface area contributed by atoms with E-state index in [0.717, 1.165) is 28.8 Å². The number of para-hydroxylation sites is 1. The van der Waals surface area contributed by atoms with Crippen molar-refractivity contribution in [3.8, 4) is 17.2 Å². The molecule has 3 rings (SSSR count). The summed E-state index contributed by atoms with van der Waals surface area (Å²) < 4.78 is 16.3. The van der Waals surface area contributed by atoms with Crippen LogP contribution in [0.3, 0.4) is 0 Å². The van der Waals surface area contributed by atoms with E-state index in [1.807, 2.05) is 48.5 Å². The molecule has 134 valence electrons. The van der Waals surface area contributed by atoms with Crippen LogP contribution in [0.15, 0.2) is 53.5 Å². The second-order valence-corrected chi connectivity index (χ2v) is 5.20. The summed E-state index contributed by atoms with van der Waals surface area (Å²) in [5.41, 5.74) is 1.10. The molecule has 0 fully saturated rings. The number of guanidine groups is 1. The van der Waals surface area contributed by atoms with Gasteiger partial charge in [0.1, 0.15) is 12.4 Å². The van der Waals surface area contributed by atoms with Crippen molar-refractivity contribution >= 4 is 29.9 Å². The number of benzene rings is 2. The second-order valence-electron chi connectivity index (χ2n) is 5.20. The van der Waals surface area contributed by atoms with Crippen LogP contribution in [0.25, 0.3) is 0 Å². The minimum absolute atomic E-state index is 0. The van der Waals surface area contributed by atoms with Crippen molar-refractivity contribution in [3.63, 3.8) is 0 Å². The van der Waals surface area contributed by atoms with Crippen LogP contribution in [0.4, 0.5) is 0 Å². The normalized spacial score (nSPS) is 12.3. The molecule has 1 heterocycles. The molecule has 1 aliphatic rings. The van der Waals surface area contributed by atoms with E-state index < -0.39 is 0 Å². The molecule has 0 atom stereocenters. The minimum Gasteiger partial charge on any atom is -0.492 e. The summed E-state index contributed by atoms with van der Waals surface area (Å²) in [6, 6.07) is 15.6. The fourth-order valence-corrected chi connectivity index (χ4v) is 2.31. The maximum atomic E-state index is 5.64. The Morgan fingerprint density at radius 1 is 1.08 bits per heavy atom. The highest BCUT2D eigenvalue weighted by Gasteiger charge is 2.13. The van der Waals surface area contributed by atoms with Gasteiger partial charge < -0.3 is 24.8 Å². The standard InChI is InChI=1S/C18H21N3O3.HI/c1-19-18(20-9-10-22-15-5-3-2-4-6-15)21-12-14-7-8-16-17(11-14)24-13-23-16;/h2-8,11H,9-10,12-13H2,1H3,(H2,19,20,21);1H. The highest BCUT2D eigenvalue weighted by molar-refractivity contribution is 14.0. The Balaban J connectivity index is 0.00000225. The van der Waals surface area contributed by atoms with E-state index in [0.29, 0.717) is 19.7 Å². The van der Waals surface area contributed by atoms with Gasteiger partial charge in [0.05, 0.1) is 6.54 Å². The van der Waals surface area contributed by atoms with E-state index in [4.69, 9.17) is 14.2 Å². The SMILES string of the molecule is CN=C(NCCOc1ccccc1)NCc1ccc2c(c1)OCO2.I. The lowest BCUT2D eigenvalue weighted by Gasteiger charge is -2.13. The highest BCUT2D eigenvalue weighted by Crippen LogP contribution is 2.32. The summed E-state index contributed by atoms with van der Waals surface area (Å²) >= 11 is 0. The van der Waals surface area contributed by atoms with Crippen LogP contribution >= 0.6 is 24.0 Å². The van der Waals surface area contributed by atoms with E-state index in [9.17, 15) is 0 Å². The van der Waals surface area contributed by atoms with Crippen molar-refractivity contribution in [2.75, 3.05) is 27.0 Å². The number of ether oxygens (including phenoxy) is 3. The van der Waals surface area contributed by atoms with Gasteiger partial charge in [-0.15, -0.1) is 24.0 Å². The number of rotatable bonds is 6. The molecule has 25 heavy (non-hydrogen) atoms. The van der Waals surface area contributed by atoms with Crippen molar-refractivity contribution in [2.45, 2.75) is 6.54 Å². The molecule has 7 heteroatoms. The van der Waals surface area contributed by atoms with Gasteiger partial charge in [-0.05, 0) is 29.8 Å². The van der Waals surface area contributed by atoms with E-state index in [2.05, 4.69) is 15.6 Å². The Morgan fingerprint density at radius 3 is 2.68 bits per heavy atom. The first kappa shape index (κ1) is 19.2. The summed E-state index contributed by atoms with van der Waals surface area (Å²) in [5, 5.41) is 6.48. The predicted octanol–water partition coefficient (Wildman–Crippen LogP) is 2.78. The first-order chi connectivity index (χ1) is 11.8. The van der Waals surface area contributed by atoms with E-state index >= 15 is 0 Å². The number of halogens is 1. The van der Waals surface area contributed by atoms with Gasteiger partial charge in [-0.2, -0.15) is 0 Å². The predicted molar refractivity (Wildman–Crippen MR) is 108 cm³/mol. The van der Waals surface area contributed by atoms with Crippen LogP contribution in [0, 0.1) is 0 Å². The average Bonchev–Trinajstić information content (AvgIpc) is 3.10. The number of aliphatic imine (C=N–C) groups is 1. The zero-order chi connectivity index (χ0) is 16.6. The quantitative estimate of drug-likeness (QED) is 0.304. The Morgan fingerprint density at radius 2 is 1.88 bits per heavy atom. The molecule has 0 spiro atoms. The lowest BCUT2D eigenvalue weighted by molar-refractivity contribution is 0.174. The van der Waals surface area contributed by atoms with Crippen LogP contribution in [-0.2, 0) is 6.54 Å². The molecule has 0 saturated heterocycles. The zero-order valence-electron chi connectivity index (χ0n) is 14.0. The van der Waals surface area contributed by atoms with E-state index in [1.54, 1.807) is 7.05 Å². The fourth-order valence-electron chi connectivity index (χ4n) is 2.31. The maximum absolute atomic E-state index is 5.64. The van der Waals surface area contributed by atoms with E-state index in [-0.39, 0.29) is 30.8 Å². The molecule has 2 N–H and O–H groups in total. The fraction of sp³-hybridized carbons (Fsp3) is 0.278. The number of nitrogens with one attached hydrogen (secondary N) is 2. The number of nitrogens with zero attached hydrogens (tertiary/aromatic N) is 1. The highest BCUT2D eigenvalue weighted by atomic mass is 127. The van der Waals surface area contributed by atoms with Gasteiger partial charge in [0.15, 0.2) is 17.5 Å². The van der Waals surface area contributed by atoms with Crippen LogP contribution < -0.4 is 24.8 Å². The van der Waals surface area contributed by atoms with Crippen molar-refractivity contribution in [1.29, 1.82) is 0 Å². The van der Waals surface area contributed by atoms with Crippen molar-refractivity contribution in [3.05, 3.63) is 54.1 Å². The molecule has 0 radical (unpaired) electrons. The van der Waals surface area contributed by atoms with Crippen LogP contribution in [-0.4, -0.2) is 33.0 Å². The van der Waals surface area contributed by atoms with Crippen LogP contribution in [0.1, 0.15) is 5.56 Å². The van der Waals surface area contributed by atoms with Crippen LogP contribution in [0.5, 0.6) is 17.2 Å². The Labute approximate surface area is 164 Å². The molecule has 0 amide bonds. The van der Waals surface area contributed by atoms with Gasteiger partial charge in [0.25, 0.3) is 0 Å². The lowest BCUT2D eigenvalue weighted by Crippen LogP contribution is -2.38. The Hall–Kier alpha value is -2.16. The van der Waals surface area contributed by atoms with Gasteiger partial charge in [-0.25, -0.2) is 0 Å². The third-order valence-electron chi connectivity index (χ3n) is 3.53.